The van der Waals surface area contributed by atoms with E-state index in [9.17, 15) is 4.89 Å². The summed E-state index contributed by atoms with van der Waals surface area (Å²) in [4.78, 5) is 10.5. The Balaban J connectivity index is 2.89. The highest BCUT2D eigenvalue weighted by Gasteiger charge is 2.17. The third kappa shape index (κ3) is 6.39. The lowest BCUT2D eigenvalue weighted by Crippen LogP contribution is -2.46. The fourth-order valence-corrected chi connectivity index (χ4v) is 0.944. The average Bonchev–Trinajstić information content (AvgIpc) is 1.98. The van der Waals surface area contributed by atoms with E-state index in [1.807, 2.05) is 0 Å². The van der Waals surface area contributed by atoms with Gasteiger partial charge in [-0.3, -0.25) is 0 Å². The number of rotatable bonds is 6. The quantitative estimate of drug-likeness (QED) is 0.361. The summed E-state index contributed by atoms with van der Waals surface area (Å²) in [7, 11) is -2.27. The Labute approximate surface area is 62.3 Å². The smallest absolute Gasteiger partial charge is 0.173 e. The molecular formula is C5H15NO3P+2. The van der Waals surface area contributed by atoms with E-state index in [0.717, 1.165) is 19.3 Å². The van der Waals surface area contributed by atoms with Crippen LogP contribution in [0.3, 0.4) is 0 Å². The fourth-order valence-electron chi connectivity index (χ4n) is 0.549. The monoisotopic (exact) mass is 168 g/mol. The zero-order valence-electron chi connectivity index (χ0n) is 6.26. The van der Waals surface area contributed by atoms with Crippen molar-refractivity contribution in [3.05, 3.63) is 0 Å². The van der Waals surface area contributed by atoms with Crippen LogP contribution < -0.4 is 5.90 Å². The molecule has 3 N–H and O–H groups in total. The lowest BCUT2D eigenvalue weighted by Gasteiger charge is -1.94. The van der Waals surface area contributed by atoms with Gasteiger partial charge in [0.1, 0.15) is 0 Å². The summed E-state index contributed by atoms with van der Waals surface area (Å²) >= 11 is 0. The van der Waals surface area contributed by atoms with Gasteiger partial charge in [-0.25, -0.2) is 0 Å². The van der Waals surface area contributed by atoms with Crippen LogP contribution in [-0.4, -0.2) is 6.61 Å². The number of hydrogen-bond donors (Lipinski definition) is 1. The topological polar surface area (TPSA) is 66.0 Å². The summed E-state index contributed by atoms with van der Waals surface area (Å²) in [6, 6.07) is 0. The Bertz CT molecular complexity index is 73.9. The maximum atomic E-state index is 10.5. The molecule has 0 saturated heterocycles. The molecule has 1 unspecified atom stereocenters. The van der Waals surface area contributed by atoms with Gasteiger partial charge in [-0.05, 0) is 6.42 Å². The maximum Gasteiger partial charge on any atom is 0.506 e. The van der Waals surface area contributed by atoms with Crippen LogP contribution in [0.2, 0.25) is 0 Å². The van der Waals surface area contributed by atoms with Crippen molar-refractivity contribution in [3.8, 4) is 0 Å². The van der Waals surface area contributed by atoms with Crippen molar-refractivity contribution in [3.63, 3.8) is 0 Å². The molecule has 0 saturated carbocycles. The van der Waals surface area contributed by atoms with Crippen molar-refractivity contribution in [1.82, 2.24) is 0 Å². The predicted octanol–water partition coefficient (Wildman–Crippen LogP) is 0.756. The number of hydrogen-bond acceptors (Lipinski definition) is 2. The molecule has 0 spiro atoms. The second-order valence-corrected chi connectivity index (χ2v) is 3.03. The highest BCUT2D eigenvalue weighted by molar-refractivity contribution is 7.40. The van der Waals surface area contributed by atoms with Gasteiger partial charge in [0.05, 0.1) is 6.61 Å². The van der Waals surface area contributed by atoms with E-state index in [4.69, 9.17) is 4.52 Å². The standard InChI is InChI=1S/C5H15NO3P/c1-2-3-4-5-8-10(7)9-6/h10H,2-5H2,1,6H3/q+2. The SMILES string of the molecule is CCCCCO[PH+]([O])O[NH3+]. The van der Waals surface area contributed by atoms with Gasteiger partial charge in [0.2, 0.25) is 0 Å². The Morgan fingerprint density at radius 2 is 2.20 bits per heavy atom. The number of quaternary nitrogens is 1. The summed E-state index contributed by atoms with van der Waals surface area (Å²) in [6.45, 7) is 2.61. The van der Waals surface area contributed by atoms with Crippen LogP contribution in [0.4, 0.5) is 0 Å². The van der Waals surface area contributed by atoms with Gasteiger partial charge in [-0.15, -0.1) is 0 Å². The van der Waals surface area contributed by atoms with E-state index < -0.39 is 8.60 Å². The van der Waals surface area contributed by atoms with Crippen molar-refractivity contribution >= 4 is 8.60 Å². The summed E-state index contributed by atoms with van der Waals surface area (Å²) in [5, 5.41) is 0. The van der Waals surface area contributed by atoms with E-state index in [2.05, 4.69) is 17.4 Å². The summed E-state index contributed by atoms with van der Waals surface area (Å²) in [6.07, 6.45) is 3.18. The van der Waals surface area contributed by atoms with Gasteiger partial charge in [0.25, 0.3) is 0 Å². The summed E-state index contributed by atoms with van der Waals surface area (Å²) < 4.78 is 8.96. The van der Waals surface area contributed by atoms with Gasteiger partial charge in [0, 0.05) is 9.52 Å². The van der Waals surface area contributed by atoms with E-state index in [1.165, 1.54) is 0 Å². The van der Waals surface area contributed by atoms with Crippen molar-refractivity contribution in [2.75, 3.05) is 6.61 Å². The first-order valence-corrected chi connectivity index (χ1v) is 4.62. The molecule has 4 nitrogen and oxygen atoms in total. The second-order valence-electron chi connectivity index (χ2n) is 1.95. The normalized spacial score (nSPS) is 13.5. The molecule has 0 aliphatic heterocycles. The molecule has 10 heavy (non-hydrogen) atoms. The minimum Gasteiger partial charge on any atom is -0.173 e. The summed E-state index contributed by atoms with van der Waals surface area (Å²) in [5.74, 6) is 2.99. The van der Waals surface area contributed by atoms with Gasteiger partial charge in [-0.2, -0.15) is 10.4 Å². The molecule has 0 rings (SSSR count). The molecule has 0 aliphatic rings. The first-order valence-electron chi connectivity index (χ1n) is 3.40. The predicted molar refractivity (Wildman–Crippen MR) is 38.5 cm³/mol. The van der Waals surface area contributed by atoms with Crippen molar-refractivity contribution in [1.29, 1.82) is 0 Å². The molecule has 0 aliphatic carbocycles. The highest BCUT2D eigenvalue weighted by Crippen LogP contribution is 2.30. The molecule has 5 heteroatoms. The molecular weight excluding hydrogens is 153 g/mol. The zero-order valence-corrected chi connectivity index (χ0v) is 7.26. The van der Waals surface area contributed by atoms with Gasteiger partial charge in [0.15, 0.2) is 0 Å². The first kappa shape index (κ1) is 10.3. The largest absolute Gasteiger partial charge is 0.506 e. The average molecular weight is 168 g/mol. The van der Waals surface area contributed by atoms with E-state index in [0.29, 0.717) is 6.61 Å². The van der Waals surface area contributed by atoms with Crippen LogP contribution in [-0.2, 0) is 14.0 Å². The van der Waals surface area contributed by atoms with Crippen molar-refractivity contribution < 1.29 is 19.9 Å². The summed E-state index contributed by atoms with van der Waals surface area (Å²) in [5.41, 5.74) is 0. The highest BCUT2D eigenvalue weighted by atomic mass is 31.2. The molecule has 61 valence electrons. The van der Waals surface area contributed by atoms with Crippen LogP contribution in [0.15, 0.2) is 0 Å². The Morgan fingerprint density at radius 1 is 1.50 bits per heavy atom. The van der Waals surface area contributed by atoms with E-state index >= 15 is 0 Å². The maximum absolute atomic E-state index is 10.5. The third-order valence-electron chi connectivity index (χ3n) is 1.09. The molecule has 0 heterocycles. The van der Waals surface area contributed by atoms with Crippen LogP contribution in [0.25, 0.3) is 0 Å². The molecule has 0 aromatic carbocycles. The van der Waals surface area contributed by atoms with E-state index in [-0.39, 0.29) is 0 Å². The zero-order chi connectivity index (χ0) is 7.82. The van der Waals surface area contributed by atoms with Crippen molar-refractivity contribution in [2.24, 2.45) is 0 Å². The van der Waals surface area contributed by atoms with Gasteiger partial charge < -0.3 is 0 Å². The minimum absolute atomic E-state index is 0.515. The molecule has 0 fully saturated rings. The van der Waals surface area contributed by atoms with Crippen LogP contribution in [0.1, 0.15) is 26.2 Å². The Kier molecular flexibility index (Phi) is 7.58. The lowest BCUT2D eigenvalue weighted by molar-refractivity contribution is -0.640. The van der Waals surface area contributed by atoms with Gasteiger partial charge >= 0.3 is 8.60 Å². The van der Waals surface area contributed by atoms with Gasteiger partial charge in [-0.1, -0.05) is 19.8 Å². The fraction of sp³-hybridized carbons (Fsp3) is 1.00. The van der Waals surface area contributed by atoms with Crippen LogP contribution >= 0.6 is 8.60 Å². The molecule has 0 aromatic heterocycles. The van der Waals surface area contributed by atoms with Crippen molar-refractivity contribution in [2.45, 2.75) is 26.2 Å². The lowest BCUT2D eigenvalue weighted by atomic mass is 10.3. The number of unbranched alkanes of at least 4 members (excludes halogenated alkanes) is 2. The molecule has 0 amide bonds. The Hall–Kier alpha value is 0.270. The molecule has 1 atom stereocenters. The molecule has 0 aromatic rings. The second kappa shape index (κ2) is 7.38. The third-order valence-corrected chi connectivity index (χ3v) is 1.76. The molecule has 1 radical (unpaired) electrons. The molecule has 0 bridgehead atoms. The first-order chi connectivity index (χ1) is 4.81. The minimum atomic E-state index is -2.27. The van der Waals surface area contributed by atoms with E-state index in [1.54, 1.807) is 0 Å². The Morgan fingerprint density at radius 3 is 2.70 bits per heavy atom. The van der Waals surface area contributed by atoms with Crippen LogP contribution in [0, 0.1) is 0 Å². The van der Waals surface area contributed by atoms with Crippen LogP contribution in [0.5, 0.6) is 0 Å².